The summed E-state index contributed by atoms with van der Waals surface area (Å²) >= 11 is 6.24. The normalized spacial score (nSPS) is 27.1. The molecule has 5 nitrogen and oxygen atoms in total. The molecule has 0 aromatic heterocycles. The second-order valence-electron chi connectivity index (χ2n) is 5.36. The van der Waals surface area contributed by atoms with E-state index < -0.39 is 4.92 Å². The molecule has 0 bridgehead atoms. The fraction of sp³-hybridized carbons (Fsp3) is 0.571. The van der Waals surface area contributed by atoms with Gasteiger partial charge in [-0.2, -0.15) is 0 Å². The Kier molecular flexibility index (Phi) is 3.92. The minimum Gasteiger partial charge on any atom is -0.359 e. The monoisotopic (exact) mass is 296 g/mol. The van der Waals surface area contributed by atoms with Crippen molar-refractivity contribution in [3.63, 3.8) is 0 Å². The predicted molar refractivity (Wildman–Crippen MR) is 75.8 cm³/mol. The van der Waals surface area contributed by atoms with Crippen LogP contribution >= 0.6 is 11.6 Å². The van der Waals surface area contributed by atoms with Crippen molar-refractivity contribution in [2.24, 2.45) is 0 Å². The van der Waals surface area contributed by atoms with E-state index in [9.17, 15) is 10.1 Å². The smallest absolute Gasteiger partial charge is 0.269 e. The third kappa shape index (κ3) is 2.53. The van der Waals surface area contributed by atoms with E-state index in [1.165, 1.54) is 18.9 Å². The van der Waals surface area contributed by atoms with Crippen molar-refractivity contribution < 1.29 is 9.66 Å². The first kappa shape index (κ1) is 13.8. The van der Waals surface area contributed by atoms with Gasteiger partial charge in [-0.3, -0.25) is 15.0 Å². The first-order chi connectivity index (χ1) is 9.66. The summed E-state index contributed by atoms with van der Waals surface area (Å²) in [5.41, 5.74) is 0.777. The minimum atomic E-state index is -0.393. The summed E-state index contributed by atoms with van der Waals surface area (Å²) < 4.78 is 5.87. The number of piperidine rings is 1. The van der Waals surface area contributed by atoms with Gasteiger partial charge in [0, 0.05) is 35.3 Å². The molecule has 1 aromatic rings. The van der Waals surface area contributed by atoms with Gasteiger partial charge in [0.05, 0.1) is 11.5 Å². The quantitative estimate of drug-likeness (QED) is 0.619. The lowest BCUT2D eigenvalue weighted by Gasteiger charge is -2.44. The Labute approximate surface area is 122 Å². The van der Waals surface area contributed by atoms with E-state index in [0.717, 1.165) is 19.4 Å². The van der Waals surface area contributed by atoms with Gasteiger partial charge < -0.3 is 4.74 Å². The second-order valence-corrected chi connectivity index (χ2v) is 5.77. The fourth-order valence-electron chi connectivity index (χ4n) is 3.16. The number of halogens is 1. The highest BCUT2D eigenvalue weighted by Crippen LogP contribution is 2.38. The van der Waals surface area contributed by atoms with E-state index in [0.29, 0.717) is 23.2 Å². The van der Waals surface area contributed by atoms with Crippen molar-refractivity contribution in [3.05, 3.63) is 38.9 Å². The maximum absolute atomic E-state index is 10.9. The number of fused-ring (bicyclic) bond motifs is 1. The maximum Gasteiger partial charge on any atom is 0.269 e. The molecule has 108 valence electrons. The highest BCUT2D eigenvalue weighted by atomic mass is 35.5. The van der Waals surface area contributed by atoms with E-state index in [1.807, 2.05) is 0 Å². The summed E-state index contributed by atoms with van der Waals surface area (Å²) in [6.45, 7) is 1.65. The molecule has 0 unspecified atom stereocenters. The number of hydrogen-bond acceptors (Lipinski definition) is 4. The largest absolute Gasteiger partial charge is 0.359 e. The van der Waals surface area contributed by atoms with Crippen molar-refractivity contribution in [1.29, 1.82) is 0 Å². The third-order valence-corrected chi connectivity index (χ3v) is 4.50. The molecule has 2 atom stereocenters. The summed E-state index contributed by atoms with van der Waals surface area (Å²) in [7, 11) is 0. The van der Waals surface area contributed by atoms with Crippen LogP contribution in [-0.4, -0.2) is 29.0 Å². The Balaban J connectivity index is 1.94. The van der Waals surface area contributed by atoms with Crippen LogP contribution in [0.1, 0.15) is 37.5 Å². The van der Waals surface area contributed by atoms with Crippen LogP contribution in [0.4, 0.5) is 5.69 Å². The molecular weight excluding hydrogens is 280 g/mol. The highest BCUT2D eigenvalue weighted by molar-refractivity contribution is 6.31. The highest BCUT2D eigenvalue weighted by Gasteiger charge is 2.35. The van der Waals surface area contributed by atoms with Gasteiger partial charge in [0.25, 0.3) is 5.69 Å². The SMILES string of the molecule is O=[N+]([O-])c1ccc(Cl)c([C@@H]2OCC[C@@H]3CCCCN32)c1. The number of hydrogen-bond donors (Lipinski definition) is 0. The van der Waals surface area contributed by atoms with Crippen LogP contribution < -0.4 is 0 Å². The predicted octanol–water partition coefficient (Wildman–Crippen LogP) is 3.52. The van der Waals surface area contributed by atoms with E-state index in [-0.39, 0.29) is 11.9 Å². The van der Waals surface area contributed by atoms with Gasteiger partial charge in [0.15, 0.2) is 0 Å². The van der Waals surface area contributed by atoms with Gasteiger partial charge in [-0.1, -0.05) is 18.0 Å². The second kappa shape index (κ2) is 5.68. The van der Waals surface area contributed by atoms with Gasteiger partial charge in [-0.15, -0.1) is 0 Å². The molecule has 0 N–H and O–H groups in total. The zero-order chi connectivity index (χ0) is 14.1. The molecule has 0 saturated carbocycles. The average molecular weight is 297 g/mol. The molecule has 0 radical (unpaired) electrons. The molecule has 0 spiro atoms. The Bertz CT molecular complexity index is 521. The number of nitro groups is 1. The van der Waals surface area contributed by atoms with Crippen molar-refractivity contribution in [2.45, 2.75) is 38.0 Å². The van der Waals surface area contributed by atoms with Crippen LogP contribution in [0.3, 0.4) is 0 Å². The molecule has 0 aliphatic carbocycles. The van der Waals surface area contributed by atoms with Crippen molar-refractivity contribution >= 4 is 17.3 Å². The number of nitro benzene ring substituents is 1. The zero-order valence-corrected chi connectivity index (χ0v) is 11.9. The first-order valence-electron chi connectivity index (χ1n) is 6.98. The van der Waals surface area contributed by atoms with Crippen LogP contribution in [0.5, 0.6) is 0 Å². The van der Waals surface area contributed by atoms with Crippen LogP contribution in [0.15, 0.2) is 18.2 Å². The van der Waals surface area contributed by atoms with Crippen LogP contribution in [0.2, 0.25) is 5.02 Å². The molecule has 2 saturated heterocycles. The zero-order valence-electron chi connectivity index (χ0n) is 11.1. The maximum atomic E-state index is 10.9. The molecular formula is C14H17ClN2O3. The Hall–Kier alpha value is -1.17. The van der Waals surface area contributed by atoms with E-state index in [1.54, 1.807) is 12.1 Å². The number of rotatable bonds is 2. The average Bonchev–Trinajstić information content (AvgIpc) is 2.47. The molecule has 20 heavy (non-hydrogen) atoms. The summed E-state index contributed by atoms with van der Waals surface area (Å²) in [5, 5.41) is 11.5. The number of nitrogens with zero attached hydrogens (tertiary/aromatic N) is 2. The molecule has 2 fully saturated rings. The Morgan fingerprint density at radius 2 is 2.20 bits per heavy atom. The van der Waals surface area contributed by atoms with Crippen LogP contribution in [0, 0.1) is 10.1 Å². The van der Waals surface area contributed by atoms with Crippen LogP contribution in [0.25, 0.3) is 0 Å². The summed E-state index contributed by atoms with van der Waals surface area (Å²) in [5.74, 6) is 0. The fourth-order valence-corrected chi connectivity index (χ4v) is 3.37. The standard InChI is InChI=1S/C14H17ClN2O3/c15-13-5-4-11(17(18)19)9-12(13)14-16-7-2-1-3-10(16)6-8-20-14/h4-5,9-10,14H,1-3,6-8H2/t10-,14-/m0/s1. The molecule has 0 amide bonds. The third-order valence-electron chi connectivity index (χ3n) is 4.16. The van der Waals surface area contributed by atoms with E-state index in [2.05, 4.69) is 4.90 Å². The molecule has 3 rings (SSSR count). The molecule has 2 aliphatic heterocycles. The topological polar surface area (TPSA) is 55.6 Å². The summed E-state index contributed by atoms with van der Waals surface area (Å²) in [6.07, 6.45) is 4.34. The number of non-ortho nitro benzene ring substituents is 1. The minimum absolute atomic E-state index is 0.0622. The van der Waals surface area contributed by atoms with Gasteiger partial charge in [0.1, 0.15) is 6.23 Å². The Morgan fingerprint density at radius 1 is 1.35 bits per heavy atom. The molecule has 2 aliphatic rings. The summed E-state index contributed by atoms with van der Waals surface area (Å²) in [6, 6.07) is 5.08. The van der Waals surface area contributed by atoms with Gasteiger partial charge in [-0.25, -0.2) is 0 Å². The molecule has 6 heteroatoms. The van der Waals surface area contributed by atoms with Crippen molar-refractivity contribution in [3.8, 4) is 0 Å². The molecule has 2 heterocycles. The van der Waals surface area contributed by atoms with Crippen molar-refractivity contribution in [2.75, 3.05) is 13.2 Å². The van der Waals surface area contributed by atoms with Gasteiger partial charge in [0.2, 0.25) is 0 Å². The van der Waals surface area contributed by atoms with Gasteiger partial charge >= 0.3 is 0 Å². The lowest BCUT2D eigenvalue weighted by atomic mass is 9.96. The number of benzene rings is 1. The Morgan fingerprint density at radius 3 is 3.00 bits per heavy atom. The van der Waals surface area contributed by atoms with Gasteiger partial charge in [-0.05, 0) is 25.3 Å². The lowest BCUT2D eigenvalue weighted by Crippen LogP contribution is -2.47. The molecule has 1 aromatic carbocycles. The van der Waals surface area contributed by atoms with Crippen molar-refractivity contribution in [1.82, 2.24) is 4.90 Å². The van der Waals surface area contributed by atoms with Crippen LogP contribution in [-0.2, 0) is 4.74 Å². The summed E-state index contributed by atoms with van der Waals surface area (Å²) in [4.78, 5) is 12.8. The van der Waals surface area contributed by atoms with E-state index in [4.69, 9.17) is 16.3 Å². The van der Waals surface area contributed by atoms with E-state index >= 15 is 0 Å². The number of ether oxygens (including phenoxy) is 1. The first-order valence-corrected chi connectivity index (χ1v) is 7.36. The lowest BCUT2D eigenvalue weighted by molar-refractivity contribution is -0.385.